The first kappa shape index (κ1) is 26.3. The van der Waals surface area contributed by atoms with Crippen LogP contribution in [0, 0.1) is 13.8 Å². The van der Waals surface area contributed by atoms with Gasteiger partial charge in [0, 0.05) is 32.5 Å². The third-order valence-corrected chi connectivity index (χ3v) is 6.43. The summed E-state index contributed by atoms with van der Waals surface area (Å²) in [6.45, 7) is 9.89. The van der Waals surface area contributed by atoms with E-state index >= 15 is 0 Å². The number of hydrogen-bond acceptors (Lipinski definition) is 6. The van der Waals surface area contributed by atoms with Crippen LogP contribution in [0.4, 0.5) is 0 Å². The highest BCUT2D eigenvalue weighted by Gasteiger charge is 2.23. The minimum atomic E-state index is -0.437. The summed E-state index contributed by atoms with van der Waals surface area (Å²) in [7, 11) is 1.32. The van der Waals surface area contributed by atoms with Gasteiger partial charge in [0.1, 0.15) is 11.6 Å². The second-order valence-electron chi connectivity index (χ2n) is 9.73. The molecule has 0 N–H and O–H groups in total. The number of rotatable bonds is 6. The molecule has 0 aliphatic rings. The maximum atomic E-state index is 13.4. The second-order valence-corrected chi connectivity index (χ2v) is 10.6. The van der Waals surface area contributed by atoms with Gasteiger partial charge in [-0.1, -0.05) is 36.7 Å². The van der Waals surface area contributed by atoms with E-state index < -0.39 is 11.4 Å². The summed E-state index contributed by atoms with van der Waals surface area (Å²) in [5.74, 6) is 0.718. The van der Waals surface area contributed by atoms with Crippen LogP contribution in [0.2, 0.25) is 0 Å². The van der Waals surface area contributed by atoms with Crippen LogP contribution in [0.25, 0.3) is 16.6 Å². The molecule has 4 aromatic rings. The molecule has 37 heavy (non-hydrogen) atoms. The van der Waals surface area contributed by atoms with E-state index in [2.05, 4.69) is 30.3 Å². The molecule has 0 fully saturated rings. The van der Waals surface area contributed by atoms with Crippen molar-refractivity contribution >= 4 is 39.0 Å². The summed E-state index contributed by atoms with van der Waals surface area (Å²) in [5.41, 5.74) is 3.81. The second kappa shape index (κ2) is 10.3. The fourth-order valence-corrected chi connectivity index (χ4v) is 4.43. The molecule has 0 radical (unpaired) electrons. The molecule has 192 valence electrons. The van der Waals surface area contributed by atoms with Crippen molar-refractivity contribution in [2.75, 3.05) is 13.7 Å². The summed E-state index contributed by atoms with van der Waals surface area (Å²) in [6.07, 6.45) is 1.70. The molecule has 0 saturated carbocycles. The first-order chi connectivity index (χ1) is 17.5. The molecule has 0 bridgehead atoms. The molecular weight excluding hydrogens is 536 g/mol. The number of carbonyl (C=O) groups excluding carboxylic acids is 1. The minimum absolute atomic E-state index is 0.144. The molecule has 4 rings (SSSR count). The Hall–Kier alpha value is -3.72. The number of fused-ring (bicyclic) bond motifs is 1. The molecule has 8 nitrogen and oxygen atoms in total. The molecule has 0 amide bonds. The van der Waals surface area contributed by atoms with Crippen LogP contribution in [0.1, 0.15) is 43.5 Å². The zero-order valence-electron chi connectivity index (χ0n) is 21.7. The quantitative estimate of drug-likeness (QED) is 0.234. The number of nitrogens with zero attached hydrogens (tertiary/aromatic N) is 4. The highest BCUT2D eigenvalue weighted by atomic mass is 79.9. The maximum Gasteiger partial charge on any atom is 0.343 e. The Morgan fingerprint density at radius 2 is 1.81 bits per heavy atom. The zero-order chi connectivity index (χ0) is 26.9. The van der Waals surface area contributed by atoms with Crippen molar-refractivity contribution in [3.8, 4) is 11.4 Å². The Morgan fingerprint density at radius 1 is 1.11 bits per heavy atom. The highest BCUT2D eigenvalue weighted by Crippen LogP contribution is 2.24. The molecule has 0 aliphatic heterocycles. The maximum absolute atomic E-state index is 13.4. The zero-order valence-corrected chi connectivity index (χ0v) is 23.3. The lowest BCUT2D eigenvalue weighted by molar-refractivity contribution is -0.142. The van der Waals surface area contributed by atoms with Crippen molar-refractivity contribution < 1.29 is 14.3 Å². The molecule has 2 heterocycles. The van der Waals surface area contributed by atoms with Gasteiger partial charge in [0.05, 0.1) is 24.2 Å². The van der Waals surface area contributed by atoms with Gasteiger partial charge in [-0.05, 0) is 62.4 Å². The summed E-state index contributed by atoms with van der Waals surface area (Å²) in [5, 5.41) is 5.12. The normalized spacial score (nSPS) is 11.9. The minimum Gasteiger partial charge on any atom is -0.482 e. The first-order valence-electron chi connectivity index (χ1n) is 11.8. The largest absolute Gasteiger partial charge is 0.482 e. The number of aromatic nitrogens is 3. The van der Waals surface area contributed by atoms with E-state index in [1.54, 1.807) is 24.4 Å². The third kappa shape index (κ3) is 5.51. The molecule has 2 aromatic heterocycles. The summed E-state index contributed by atoms with van der Waals surface area (Å²) in [6, 6.07) is 14.9. The van der Waals surface area contributed by atoms with E-state index in [-0.39, 0.29) is 12.2 Å². The average Bonchev–Trinajstić information content (AvgIpc) is 3.14. The fourth-order valence-electron chi connectivity index (χ4n) is 4.07. The molecule has 0 aliphatic carbocycles. The van der Waals surface area contributed by atoms with E-state index in [4.69, 9.17) is 9.72 Å². The van der Waals surface area contributed by atoms with E-state index in [1.807, 2.05) is 65.0 Å². The third-order valence-electron chi connectivity index (χ3n) is 5.94. The van der Waals surface area contributed by atoms with Crippen molar-refractivity contribution in [2.24, 2.45) is 5.10 Å². The number of hydrogen-bond donors (Lipinski definition) is 0. The van der Waals surface area contributed by atoms with Gasteiger partial charge in [0.15, 0.2) is 6.61 Å². The van der Waals surface area contributed by atoms with Gasteiger partial charge >= 0.3 is 5.97 Å². The highest BCUT2D eigenvalue weighted by molar-refractivity contribution is 9.10. The smallest absolute Gasteiger partial charge is 0.343 e. The topological polar surface area (TPSA) is 87.7 Å². The van der Waals surface area contributed by atoms with Crippen molar-refractivity contribution in [3.63, 3.8) is 0 Å². The number of esters is 1. The van der Waals surface area contributed by atoms with Gasteiger partial charge in [-0.2, -0.15) is 9.78 Å². The lowest BCUT2D eigenvalue weighted by Crippen LogP contribution is -2.29. The predicted molar refractivity (Wildman–Crippen MR) is 148 cm³/mol. The van der Waals surface area contributed by atoms with E-state index in [0.29, 0.717) is 22.5 Å². The van der Waals surface area contributed by atoms with Gasteiger partial charge in [0.2, 0.25) is 0 Å². The van der Waals surface area contributed by atoms with Crippen LogP contribution >= 0.6 is 15.9 Å². The van der Waals surface area contributed by atoms with Crippen molar-refractivity contribution in [2.45, 2.75) is 40.0 Å². The average molecular weight is 565 g/mol. The number of benzene rings is 2. The molecule has 0 spiro atoms. The molecule has 2 aromatic carbocycles. The Labute approximate surface area is 223 Å². The van der Waals surface area contributed by atoms with Crippen molar-refractivity contribution in [3.05, 3.63) is 86.1 Å². The summed E-state index contributed by atoms with van der Waals surface area (Å²) < 4.78 is 14.3. The standard InChI is InChI=1S/C28H29BrN4O4/c1-17-13-19(18(2)32(17)21-8-10-22(11-9-21)37-16-25(34)36-6)15-30-33-26(35)23-14-20(29)7-12-24(23)31-27(33)28(3,4)5/h7-15H,16H2,1-6H3. The first-order valence-corrected chi connectivity index (χ1v) is 12.5. The number of methoxy groups -OCH3 is 1. The van der Waals surface area contributed by atoms with Crippen LogP contribution in [0.15, 0.2) is 62.9 Å². The van der Waals surface area contributed by atoms with E-state index in [1.165, 1.54) is 11.8 Å². The molecule has 0 saturated heterocycles. The monoisotopic (exact) mass is 564 g/mol. The van der Waals surface area contributed by atoms with Crippen LogP contribution < -0.4 is 10.3 Å². The number of halogens is 1. The predicted octanol–water partition coefficient (Wildman–Crippen LogP) is 5.30. The lowest BCUT2D eigenvalue weighted by Gasteiger charge is -2.20. The lowest BCUT2D eigenvalue weighted by atomic mass is 9.95. The van der Waals surface area contributed by atoms with Gasteiger partial charge in [-0.15, -0.1) is 0 Å². The Morgan fingerprint density at radius 3 is 2.46 bits per heavy atom. The van der Waals surface area contributed by atoms with Gasteiger partial charge in [-0.3, -0.25) is 4.79 Å². The molecular formula is C28H29BrN4O4. The Kier molecular flexibility index (Phi) is 7.36. The summed E-state index contributed by atoms with van der Waals surface area (Å²) >= 11 is 3.44. The van der Waals surface area contributed by atoms with E-state index in [0.717, 1.165) is 27.1 Å². The fraction of sp³-hybridized carbons (Fsp3) is 0.286. The van der Waals surface area contributed by atoms with Crippen LogP contribution in [-0.2, 0) is 14.9 Å². The number of aryl methyl sites for hydroxylation is 1. The van der Waals surface area contributed by atoms with Crippen LogP contribution in [0.5, 0.6) is 5.75 Å². The molecule has 9 heteroatoms. The van der Waals surface area contributed by atoms with Crippen molar-refractivity contribution in [1.82, 2.24) is 14.2 Å². The van der Waals surface area contributed by atoms with Crippen LogP contribution in [-0.4, -0.2) is 40.1 Å². The van der Waals surface area contributed by atoms with Gasteiger partial charge < -0.3 is 14.0 Å². The van der Waals surface area contributed by atoms with Crippen molar-refractivity contribution in [1.29, 1.82) is 0 Å². The summed E-state index contributed by atoms with van der Waals surface area (Å²) in [4.78, 5) is 29.5. The SMILES string of the molecule is COC(=O)COc1ccc(-n2c(C)cc(C=Nn3c(C(C)(C)C)nc4ccc(Br)cc4c3=O)c2C)cc1. The Bertz CT molecular complexity index is 1560. The van der Waals surface area contributed by atoms with Gasteiger partial charge in [-0.25, -0.2) is 9.78 Å². The van der Waals surface area contributed by atoms with Crippen LogP contribution in [0.3, 0.4) is 0 Å². The number of ether oxygens (including phenoxy) is 2. The van der Waals surface area contributed by atoms with E-state index in [9.17, 15) is 9.59 Å². The Balaban J connectivity index is 1.71. The molecule has 0 unspecified atom stereocenters. The number of carbonyl (C=O) groups is 1. The molecule has 0 atom stereocenters. The van der Waals surface area contributed by atoms with Gasteiger partial charge in [0.25, 0.3) is 5.56 Å².